The summed E-state index contributed by atoms with van der Waals surface area (Å²) in [6.07, 6.45) is 18.7. The van der Waals surface area contributed by atoms with Gasteiger partial charge in [-0.2, -0.15) is 0 Å². The quantitative estimate of drug-likeness (QED) is 0.0749. The summed E-state index contributed by atoms with van der Waals surface area (Å²) < 4.78 is 22.2. The first-order valence-electron chi connectivity index (χ1n) is 29.4. The Morgan fingerprint density at radius 3 is 1.11 bits per heavy atom. The fourth-order valence-corrected chi connectivity index (χ4v) is 7.98. The number of phenols is 2. The monoisotopic (exact) mass is 1050 g/mol. The molecule has 8 nitrogen and oxygen atoms in total. The second-order valence-corrected chi connectivity index (χ2v) is 22.9. The third-order valence-electron chi connectivity index (χ3n) is 15.4. The molecule has 4 unspecified atom stereocenters. The molecule has 0 amide bonds. The second-order valence-electron chi connectivity index (χ2n) is 22.9. The van der Waals surface area contributed by atoms with Gasteiger partial charge in [-0.3, -0.25) is 9.59 Å². The van der Waals surface area contributed by atoms with Gasteiger partial charge >= 0.3 is 11.9 Å². The zero-order chi connectivity index (χ0) is 57.2. The molecule has 0 heterocycles. The highest BCUT2D eigenvalue weighted by atomic mass is 16.7. The SMILES string of the molecule is CCC(C)(C)C(=O)OC(C)(C)OC1CCCCC1.CCC(C)(C)C(=O)OCOC1CCCCC1.CCC(C)c1ccc(O)cc1.CCC(C)c1ccc(O)cc1.CCC(C)c1ccccc1.CCC(C)c1ccccc1. The lowest BCUT2D eigenvalue weighted by Gasteiger charge is -2.34. The van der Waals surface area contributed by atoms with E-state index in [1.807, 2.05) is 79.7 Å². The van der Waals surface area contributed by atoms with Crippen molar-refractivity contribution in [3.8, 4) is 11.5 Å². The van der Waals surface area contributed by atoms with Crippen LogP contribution >= 0.6 is 0 Å². The van der Waals surface area contributed by atoms with E-state index >= 15 is 0 Å². The highest BCUT2D eigenvalue weighted by Gasteiger charge is 2.35. The molecule has 2 saturated carbocycles. The molecule has 6 rings (SSSR count). The summed E-state index contributed by atoms with van der Waals surface area (Å²) in [5.74, 6) is 2.14. The van der Waals surface area contributed by atoms with Crippen molar-refractivity contribution in [2.45, 2.75) is 255 Å². The van der Waals surface area contributed by atoms with Crippen LogP contribution in [0.15, 0.2) is 109 Å². The number of esters is 2. The Hall–Kier alpha value is -4.66. The summed E-state index contributed by atoms with van der Waals surface area (Å²) in [5.41, 5.74) is 4.66. The first kappa shape index (κ1) is 69.4. The summed E-state index contributed by atoms with van der Waals surface area (Å²) in [6.45, 7) is 33.1. The van der Waals surface area contributed by atoms with E-state index in [0.29, 0.717) is 41.3 Å². The Morgan fingerprint density at radius 2 is 0.776 bits per heavy atom. The lowest BCUT2D eigenvalue weighted by atomic mass is 9.90. The number of aromatic hydroxyl groups is 2. The molecule has 0 bridgehead atoms. The predicted octanol–water partition coefficient (Wildman–Crippen LogP) is 19.5. The Bertz CT molecular complexity index is 1950. The molecule has 2 N–H and O–H groups in total. The Labute approximate surface area is 464 Å². The third kappa shape index (κ3) is 29.2. The molecule has 4 atom stereocenters. The van der Waals surface area contributed by atoms with Gasteiger partial charge in [0.1, 0.15) is 11.5 Å². The van der Waals surface area contributed by atoms with Gasteiger partial charge < -0.3 is 29.2 Å². The number of rotatable bonds is 18. The topological polar surface area (TPSA) is 112 Å². The van der Waals surface area contributed by atoms with Gasteiger partial charge in [-0.05, 0) is 162 Å². The van der Waals surface area contributed by atoms with Crippen molar-refractivity contribution in [1.82, 2.24) is 0 Å². The van der Waals surface area contributed by atoms with Gasteiger partial charge in [0, 0.05) is 13.8 Å². The van der Waals surface area contributed by atoms with E-state index in [-0.39, 0.29) is 24.8 Å². The summed E-state index contributed by atoms with van der Waals surface area (Å²) in [6, 6.07) is 36.1. The molecule has 428 valence electrons. The van der Waals surface area contributed by atoms with Crippen LogP contribution < -0.4 is 0 Å². The number of phenolic OH excluding ortho intramolecular Hbond substituents is 2. The molecule has 0 aromatic heterocycles. The van der Waals surface area contributed by atoms with Gasteiger partial charge in [-0.15, -0.1) is 0 Å². The van der Waals surface area contributed by atoms with Gasteiger partial charge in [0.2, 0.25) is 5.79 Å². The minimum Gasteiger partial charge on any atom is -0.508 e. The first-order valence-corrected chi connectivity index (χ1v) is 29.4. The minimum atomic E-state index is -0.814. The fourth-order valence-electron chi connectivity index (χ4n) is 7.98. The van der Waals surface area contributed by atoms with Crippen molar-refractivity contribution < 1.29 is 38.7 Å². The lowest BCUT2D eigenvalue weighted by molar-refractivity contribution is -0.242. The molecule has 0 spiro atoms. The first-order chi connectivity index (χ1) is 36.0. The number of benzene rings is 4. The van der Waals surface area contributed by atoms with Gasteiger partial charge in [0.15, 0.2) is 6.79 Å². The molecule has 76 heavy (non-hydrogen) atoms. The van der Waals surface area contributed by atoms with E-state index in [9.17, 15) is 9.59 Å². The predicted molar refractivity (Wildman–Crippen MR) is 319 cm³/mol. The van der Waals surface area contributed by atoms with Crippen LogP contribution in [0.3, 0.4) is 0 Å². The van der Waals surface area contributed by atoms with Crippen LogP contribution in [0.25, 0.3) is 0 Å². The van der Waals surface area contributed by atoms with Crippen molar-refractivity contribution in [3.63, 3.8) is 0 Å². The van der Waals surface area contributed by atoms with E-state index in [1.54, 1.807) is 24.3 Å². The van der Waals surface area contributed by atoms with Gasteiger partial charge in [0.25, 0.3) is 0 Å². The van der Waals surface area contributed by atoms with Crippen molar-refractivity contribution in [1.29, 1.82) is 0 Å². The van der Waals surface area contributed by atoms with Crippen LogP contribution in [0.1, 0.15) is 259 Å². The zero-order valence-electron chi connectivity index (χ0n) is 50.7. The molecular formula is C68H108O8. The van der Waals surface area contributed by atoms with Gasteiger partial charge in [-0.25, -0.2) is 0 Å². The highest BCUT2D eigenvalue weighted by molar-refractivity contribution is 5.76. The summed E-state index contributed by atoms with van der Waals surface area (Å²) in [4.78, 5) is 23.7. The summed E-state index contributed by atoms with van der Waals surface area (Å²) in [5, 5.41) is 18.0. The Balaban J connectivity index is 0.000000463. The van der Waals surface area contributed by atoms with Crippen molar-refractivity contribution in [3.05, 3.63) is 131 Å². The maximum atomic E-state index is 12.1. The summed E-state index contributed by atoms with van der Waals surface area (Å²) >= 11 is 0. The van der Waals surface area contributed by atoms with Crippen LogP contribution in [0.4, 0.5) is 0 Å². The van der Waals surface area contributed by atoms with E-state index in [2.05, 4.69) is 116 Å². The molecule has 0 saturated heterocycles. The molecule has 8 heteroatoms. The van der Waals surface area contributed by atoms with Gasteiger partial charge in [-0.1, -0.05) is 193 Å². The second kappa shape index (κ2) is 38.0. The number of hydrogen-bond acceptors (Lipinski definition) is 8. The molecule has 2 aliphatic rings. The standard InChI is InChI=1S/C15H28O3.C13H24O3.2C10H14O.2C10H14/c1-6-14(2,3)13(16)18-15(4,5)17-12-10-8-7-9-11-12;1-4-13(2,3)12(14)16-10-15-11-8-6-5-7-9-11;2*1-3-8(2)9-4-6-10(11)7-5-9;2*1-3-9(2)10-7-5-4-6-8-10/h12H,6-11H2,1-5H3;11H,4-10H2,1-3H3;2*4-8,11H,3H2,1-2H3;2*4-9H,3H2,1-2H3. The lowest BCUT2D eigenvalue weighted by Crippen LogP contribution is -2.40. The third-order valence-corrected chi connectivity index (χ3v) is 15.4. The highest BCUT2D eigenvalue weighted by Crippen LogP contribution is 2.30. The molecule has 2 fully saturated rings. The molecule has 0 aliphatic heterocycles. The number of carbonyl (C=O) groups excluding carboxylic acids is 2. The maximum absolute atomic E-state index is 12.1. The Morgan fingerprint density at radius 1 is 0.461 bits per heavy atom. The number of carbonyl (C=O) groups is 2. The van der Waals surface area contributed by atoms with Crippen LogP contribution in [0.5, 0.6) is 11.5 Å². The van der Waals surface area contributed by atoms with Crippen molar-refractivity contribution in [2.24, 2.45) is 10.8 Å². The smallest absolute Gasteiger partial charge is 0.313 e. The molecule has 2 aliphatic carbocycles. The normalized spacial score (nSPS) is 15.5. The van der Waals surface area contributed by atoms with Crippen LogP contribution in [-0.2, 0) is 28.5 Å². The average Bonchev–Trinajstić information content (AvgIpc) is 3.44. The van der Waals surface area contributed by atoms with Crippen LogP contribution in [-0.4, -0.2) is 46.9 Å². The average molecular weight is 1050 g/mol. The largest absolute Gasteiger partial charge is 0.508 e. The zero-order valence-corrected chi connectivity index (χ0v) is 50.7. The summed E-state index contributed by atoms with van der Waals surface area (Å²) in [7, 11) is 0. The van der Waals surface area contributed by atoms with E-state index in [0.717, 1.165) is 51.4 Å². The minimum absolute atomic E-state index is 0.118. The maximum Gasteiger partial charge on any atom is 0.313 e. The van der Waals surface area contributed by atoms with E-state index < -0.39 is 16.6 Å². The van der Waals surface area contributed by atoms with Crippen molar-refractivity contribution in [2.75, 3.05) is 6.79 Å². The van der Waals surface area contributed by atoms with E-state index in [1.165, 1.54) is 73.6 Å². The molecule has 4 aromatic carbocycles. The molecular weight excluding hydrogens is 945 g/mol. The molecule has 0 radical (unpaired) electrons. The number of hydrogen-bond donors (Lipinski definition) is 2. The van der Waals surface area contributed by atoms with Crippen LogP contribution in [0, 0.1) is 10.8 Å². The van der Waals surface area contributed by atoms with E-state index in [4.69, 9.17) is 29.2 Å². The molecule has 4 aromatic rings. The number of ether oxygens (including phenoxy) is 4. The van der Waals surface area contributed by atoms with Crippen LogP contribution in [0.2, 0.25) is 0 Å². The van der Waals surface area contributed by atoms with Gasteiger partial charge in [0.05, 0.1) is 23.0 Å². The van der Waals surface area contributed by atoms with Crippen molar-refractivity contribution >= 4 is 11.9 Å². The fraction of sp³-hybridized carbons (Fsp3) is 0.618. The Kier molecular flexibility index (Phi) is 34.7.